The minimum Gasteiger partial charge on any atom is -0.478 e. The molecule has 7 unspecified atom stereocenters. The molecule has 4 rings (SSSR count). The summed E-state index contributed by atoms with van der Waals surface area (Å²) >= 11 is 0. The van der Waals surface area contributed by atoms with E-state index < -0.39 is 12.1 Å². The van der Waals surface area contributed by atoms with Crippen LogP contribution in [0.2, 0.25) is 0 Å². The van der Waals surface area contributed by atoms with Gasteiger partial charge in [-0.25, -0.2) is 4.79 Å². The highest BCUT2D eigenvalue weighted by atomic mass is 16.4. The summed E-state index contributed by atoms with van der Waals surface area (Å²) in [6.45, 7) is 4.54. The van der Waals surface area contributed by atoms with E-state index in [2.05, 4.69) is 19.9 Å². The van der Waals surface area contributed by atoms with E-state index >= 15 is 0 Å². The van der Waals surface area contributed by atoms with Crippen molar-refractivity contribution in [2.24, 2.45) is 28.6 Å². The summed E-state index contributed by atoms with van der Waals surface area (Å²) in [4.78, 5) is 11.1. The first-order valence-corrected chi connectivity index (χ1v) is 9.75. The number of rotatable bonds is 1. The molecule has 4 nitrogen and oxygen atoms in total. The fourth-order valence-corrected chi connectivity index (χ4v) is 6.80. The van der Waals surface area contributed by atoms with E-state index in [4.69, 9.17) is 5.11 Å². The van der Waals surface area contributed by atoms with Crippen LogP contribution >= 0.6 is 0 Å². The highest BCUT2D eigenvalue weighted by Crippen LogP contribution is 2.65. The van der Waals surface area contributed by atoms with Crippen molar-refractivity contribution in [2.75, 3.05) is 0 Å². The lowest BCUT2D eigenvalue weighted by Gasteiger charge is -2.57. The Bertz CT molecular complexity index is 650. The Hall–Kier alpha value is -1.13. The smallest absolute Gasteiger partial charge is 0.328 e. The van der Waals surface area contributed by atoms with Gasteiger partial charge >= 0.3 is 5.97 Å². The Labute approximate surface area is 149 Å². The molecule has 0 aromatic heterocycles. The van der Waals surface area contributed by atoms with Crippen molar-refractivity contribution in [2.45, 2.75) is 71.0 Å². The lowest BCUT2D eigenvalue weighted by molar-refractivity contribution is -0.131. The second kappa shape index (κ2) is 5.68. The lowest BCUT2D eigenvalue weighted by Crippen LogP contribution is -2.51. The summed E-state index contributed by atoms with van der Waals surface area (Å²) in [7, 11) is 0. The number of carboxylic acids is 1. The zero-order valence-electron chi connectivity index (χ0n) is 15.2. The van der Waals surface area contributed by atoms with Crippen LogP contribution in [-0.4, -0.2) is 33.5 Å². The van der Waals surface area contributed by atoms with Gasteiger partial charge < -0.3 is 15.3 Å². The third-order valence-corrected chi connectivity index (χ3v) is 8.26. The van der Waals surface area contributed by atoms with E-state index in [1.165, 1.54) is 11.6 Å². The molecular formula is C21H30O4. The summed E-state index contributed by atoms with van der Waals surface area (Å²) in [5.74, 6) is 0.506. The van der Waals surface area contributed by atoms with Gasteiger partial charge in [-0.3, -0.25) is 0 Å². The zero-order chi connectivity index (χ0) is 18.0. The Morgan fingerprint density at radius 2 is 1.92 bits per heavy atom. The van der Waals surface area contributed by atoms with Gasteiger partial charge in [-0.05, 0) is 73.7 Å². The molecule has 0 heterocycles. The second-order valence-corrected chi connectivity index (χ2v) is 9.36. The van der Waals surface area contributed by atoms with Crippen LogP contribution in [0.1, 0.15) is 58.8 Å². The van der Waals surface area contributed by atoms with Gasteiger partial charge in [-0.2, -0.15) is 0 Å². The van der Waals surface area contributed by atoms with E-state index in [9.17, 15) is 15.0 Å². The van der Waals surface area contributed by atoms with Gasteiger partial charge in [0.15, 0.2) is 0 Å². The first kappa shape index (κ1) is 17.3. The number of aliphatic hydroxyl groups is 2. The predicted octanol–water partition coefficient (Wildman–Crippen LogP) is 3.29. The number of fused-ring (bicyclic) bond motifs is 5. The molecule has 4 aliphatic rings. The van der Waals surface area contributed by atoms with Crippen molar-refractivity contribution in [3.8, 4) is 0 Å². The number of aliphatic hydroxyl groups excluding tert-OH is 2. The van der Waals surface area contributed by atoms with Crippen LogP contribution in [0.25, 0.3) is 0 Å². The molecule has 0 bridgehead atoms. The second-order valence-electron chi connectivity index (χ2n) is 9.36. The monoisotopic (exact) mass is 346 g/mol. The van der Waals surface area contributed by atoms with Crippen molar-refractivity contribution in [1.29, 1.82) is 0 Å². The zero-order valence-corrected chi connectivity index (χ0v) is 15.2. The van der Waals surface area contributed by atoms with Crippen molar-refractivity contribution < 1.29 is 20.1 Å². The number of carbonyl (C=O) groups is 1. The van der Waals surface area contributed by atoms with Crippen molar-refractivity contribution in [3.05, 3.63) is 23.3 Å². The van der Waals surface area contributed by atoms with Crippen LogP contribution in [0.5, 0.6) is 0 Å². The molecule has 138 valence electrons. The van der Waals surface area contributed by atoms with Gasteiger partial charge in [0.05, 0.1) is 12.2 Å². The predicted molar refractivity (Wildman–Crippen MR) is 94.8 cm³/mol. The highest BCUT2D eigenvalue weighted by molar-refractivity contribution is 5.81. The number of hydrogen-bond acceptors (Lipinski definition) is 3. The van der Waals surface area contributed by atoms with Crippen LogP contribution < -0.4 is 0 Å². The molecule has 4 aliphatic carbocycles. The largest absolute Gasteiger partial charge is 0.478 e. The maximum atomic E-state index is 11.1. The van der Waals surface area contributed by atoms with Crippen LogP contribution in [-0.2, 0) is 4.79 Å². The maximum absolute atomic E-state index is 11.1. The first-order chi connectivity index (χ1) is 11.8. The molecule has 0 aromatic rings. The Morgan fingerprint density at radius 3 is 2.64 bits per heavy atom. The third kappa shape index (κ3) is 2.44. The molecule has 3 N–H and O–H groups in total. The van der Waals surface area contributed by atoms with Crippen LogP contribution in [0.4, 0.5) is 0 Å². The number of aliphatic carboxylic acids is 1. The van der Waals surface area contributed by atoms with Crippen LogP contribution in [0.3, 0.4) is 0 Å². The number of carboxylic acid groups (broad SMARTS) is 1. The Balaban J connectivity index is 1.68. The molecule has 0 radical (unpaired) electrons. The van der Waals surface area contributed by atoms with Gasteiger partial charge in [0.2, 0.25) is 0 Å². The molecule has 3 saturated carbocycles. The summed E-state index contributed by atoms with van der Waals surface area (Å²) in [6.07, 6.45) is 9.31. The van der Waals surface area contributed by atoms with Crippen LogP contribution in [0, 0.1) is 28.6 Å². The fourth-order valence-electron chi connectivity index (χ4n) is 6.80. The average Bonchev–Trinajstić information content (AvgIpc) is 2.79. The molecule has 0 aliphatic heterocycles. The topological polar surface area (TPSA) is 77.8 Å². The minimum absolute atomic E-state index is 0.174. The van der Waals surface area contributed by atoms with Gasteiger partial charge in [0, 0.05) is 11.5 Å². The fraction of sp³-hybridized carbons (Fsp3) is 0.762. The third-order valence-electron chi connectivity index (χ3n) is 8.26. The van der Waals surface area contributed by atoms with Crippen molar-refractivity contribution in [1.82, 2.24) is 0 Å². The summed E-state index contributed by atoms with van der Waals surface area (Å²) < 4.78 is 0. The van der Waals surface area contributed by atoms with Gasteiger partial charge in [-0.1, -0.05) is 25.5 Å². The molecule has 0 amide bonds. The molecule has 0 aromatic carbocycles. The van der Waals surface area contributed by atoms with E-state index in [-0.39, 0.29) is 16.9 Å². The van der Waals surface area contributed by atoms with E-state index in [0.717, 1.165) is 38.5 Å². The Kier molecular flexibility index (Phi) is 3.93. The molecule has 0 saturated heterocycles. The minimum atomic E-state index is -0.952. The molecule has 3 fully saturated rings. The van der Waals surface area contributed by atoms with Crippen molar-refractivity contribution >= 4 is 5.97 Å². The maximum Gasteiger partial charge on any atom is 0.328 e. The molecule has 7 atom stereocenters. The number of hydrogen-bond donors (Lipinski definition) is 3. The Morgan fingerprint density at radius 1 is 1.16 bits per heavy atom. The highest BCUT2D eigenvalue weighted by Gasteiger charge is 2.59. The van der Waals surface area contributed by atoms with Crippen LogP contribution in [0.15, 0.2) is 23.3 Å². The van der Waals surface area contributed by atoms with E-state index in [1.54, 1.807) is 0 Å². The summed E-state index contributed by atoms with van der Waals surface area (Å²) in [5, 5.41) is 30.0. The van der Waals surface area contributed by atoms with Gasteiger partial charge in [-0.15, -0.1) is 0 Å². The SMILES string of the molecule is CC12CCC(O)CC1=CCC1C2CCC2(C)C(O)/C(=C\C(=O)O)CC12. The first-order valence-electron chi connectivity index (χ1n) is 9.75. The van der Waals surface area contributed by atoms with Gasteiger partial charge in [0.1, 0.15) is 0 Å². The van der Waals surface area contributed by atoms with Gasteiger partial charge in [0.25, 0.3) is 0 Å². The van der Waals surface area contributed by atoms with E-state index in [0.29, 0.717) is 29.7 Å². The van der Waals surface area contributed by atoms with Crippen molar-refractivity contribution in [3.63, 3.8) is 0 Å². The molecule has 0 spiro atoms. The quantitative estimate of drug-likeness (QED) is 0.503. The lowest BCUT2D eigenvalue weighted by atomic mass is 9.48. The number of allylic oxidation sites excluding steroid dienone is 1. The van der Waals surface area contributed by atoms with E-state index in [1.807, 2.05) is 0 Å². The summed E-state index contributed by atoms with van der Waals surface area (Å²) in [6, 6.07) is 0. The summed E-state index contributed by atoms with van der Waals surface area (Å²) in [5.41, 5.74) is 2.13. The normalized spacial score (nSPS) is 50.6. The average molecular weight is 346 g/mol. The molecule has 4 heteroatoms. The molecule has 25 heavy (non-hydrogen) atoms. The standard InChI is InChI=1S/C21H30O4/c1-20-7-5-14(22)11-13(20)3-4-15-16(20)6-8-21(2)17(15)9-12(19(21)25)10-18(23)24/h3,10,14-17,19,22,25H,4-9,11H2,1-2H3,(H,23,24)/b12-10-. The molecular weight excluding hydrogens is 316 g/mol.